The van der Waals surface area contributed by atoms with E-state index >= 15 is 0 Å². The number of ether oxygens (including phenoxy) is 1. The van der Waals surface area contributed by atoms with Crippen LogP contribution in [-0.4, -0.2) is 34.6 Å². The summed E-state index contributed by atoms with van der Waals surface area (Å²) in [6.07, 6.45) is 1.39. The number of hydrogen-bond acceptors (Lipinski definition) is 5. The Morgan fingerprint density at radius 2 is 1.95 bits per heavy atom. The van der Waals surface area contributed by atoms with E-state index in [0.29, 0.717) is 45.6 Å². The van der Waals surface area contributed by atoms with Crippen molar-refractivity contribution in [2.75, 3.05) is 7.11 Å². The lowest BCUT2D eigenvalue weighted by Crippen LogP contribution is -2.40. The molecule has 4 aromatic rings. The molecule has 2 aromatic heterocycles. The Bertz CT molecular complexity index is 1590. The van der Waals surface area contributed by atoms with Crippen LogP contribution >= 0.6 is 0 Å². The minimum absolute atomic E-state index is 0.0657. The molecule has 1 atom stereocenters. The molecule has 2 amide bonds. The number of aryl methyl sites for hydroxylation is 1. The number of primary amides is 1. The minimum atomic E-state index is -0.972. The first-order valence-corrected chi connectivity index (χ1v) is 12.1. The average Bonchev–Trinajstić information content (AvgIpc) is 3.21. The second-order valence-electron chi connectivity index (χ2n) is 9.35. The molecule has 9 heteroatoms. The van der Waals surface area contributed by atoms with Gasteiger partial charge in [0.15, 0.2) is 0 Å². The van der Waals surface area contributed by atoms with Crippen molar-refractivity contribution in [3.8, 4) is 11.8 Å². The first-order valence-electron chi connectivity index (χ1n) is 12.1. The van der Waals surface area contributed by atoms with E-state index in [2.05, 4.69) is 30.2 Å². The summed E-state index contributed by atoms with van der Waals surface area (Å²) < 4.78 is 6.79. The fourth-order valence-corrected chi connectivity index (χ4v) is 4.71. The summed E-state index contributed by atoms with van der Waals surface area (Å²) in [4.78, 5) is 41.2. The Kier molecular flexibility index (Phi) is 7.30. The fraction of sp³-hybridized carbons (Fsp3) is 0.286. The van der Waals surface area contributed by atoms with Crippen molar-refractivity contribution in [1.29, 1.82) is 5.26 Å². The third-order valence-electron chi connectivity index (χ3n) is 6.40. The lowest BCUT2D eigenvalue weighted by molar-refractivity contribution is 0.0991. The predicted molar refractivity (Wildman–Crippen MR) is 142 cm³/mol. The van der Waals surface area contributed by atoms with Gasteiger partial charge < -0.3 is 20.8 Å². The topological polar surface area (TPSA) is 143 Å². The van der Waals surface area contributed by atoms with E-state index < -0.39 is 18.0 Å². The molecule has 37 heavy (non-hydrogen) atoms. The number of nitrogens with zero attached hydrogens (tertiary/aromatic N) is 2. The normalized spacial score (nSPS) is 12.0. The van der Waals surface area contributed by atoms with Gasteiger partial charge in [-0.1, -0.05) is 38.1 Å². The molecular formula is C28H29N5O4. The Labute approximate surface area is 213 Å². The number of carbonyl (C=O) groups is 2. The van der Waals surface area contributed by atoms with Gasteiger partial charge in [0.05, 0.1) is 18.7 Å². The van der Waals surface area contributed by atoms with Crippen molar-refractivity contribution in [2.45, 2.75) is 39.2 Å². The van der Waals surface area contributed by atoms with E-state index in [1.807, 2.05) is 12.1 Å². The molecule has 9 nitrogen and oxygen atoms in total. The maximum absolute atomic E-state index is 13.6. The molecule has 0 fully saturated rings. The van der Waals surface area contributed by atoms with Crippen molar-refractivity contribution >= 4 is 33.7 Å². The standard InChI is InChI=1S/C28H29N5O4/c1-16(2)11-12-20-25-22(9-6-10-23(25)37-3)33(26(20)27(30)35)28(36)31-18(15-29)13-17-14-24(34)32-21-8-5-4-7-19(17)21/h4-10,14,16,18H,11-13H2,1-3H3,(H2,30,35)(H,31,36)(H,32,34)/t18-/m0/s1. The van der Waals surface area contributed by atoms with Gasteiger partial charge in [-0.15, -0.1) is 0 Å². The third kappa shape index (κ3) is 5.05. The van der Waals surface area contributed by atoms with E-state index in [0.717, 1.165) is 11.8 Å². The lowest BCUT2D eigenvalue weighted by atomic mass is 9.99. The van der Waals surface area contributed by atoms with Crippen molar-refractivity contribution in [3.05, 3.63) is 75.7 Å². The van der Waals surface area contributed by atoms with Crippen LogP contribution < -0.4 is 21.3 Å². The predicted octanol–water partition coefficient (Wildman–Crippen LogP) is 3.87. The zero-order chi connectivity index (χ0) is 26.7. The molecule has 0 spiro atoms. The number of para-hydroxylation sites is 1. The van der Waals surface area contributed by atoms with Crippen LogP contribution in [0.3, 0.4) is 0 Å². The minimum Gasteiger partial charge on any atom is -0.496 e. The zero-order valence-electron chi connectivity index (χ0n) is 21.0. The van der Waals surface area contributed by atoms with E-state index in [1.54, 1.807) is 30.3 Å². The van der Waals surface area contributed by atoms with Gasteiger partial charge in [-0.25, -0.2) is 4.79 Å². The van der Waals surface area contributed by atoms with Crippen LogP contribution in [0.2, 0.25) is 0 Å². The summed E-state index contributed by atoms with van der Waals surface area (Å²) >= 11 is 0. The summed E-state index contributed by atoms with van der Waals surface area (Å²) in [7, 11) is 1.53. The molecule has 0 aliphatic carbocycles. The van der Waals surface area contributed by atoms with Crippen LogP contribution in [0.5, 0.6) is 5.75 Å². The Morgan fingerprint density at radius 1 is 1.19 bits per heavy atom. The number of nitrogens with one attached hydrogen (secondary N) is 2. The van der Waals surface area contributed by atoms with Gasteiger partial charge >= 0.3 is 6.03 Å². The zero-order valence-corrected chi connectivity index (χ0v) is 21.0. The Hall–Kier alpha value is -4.58. The number of aromatic amines is 1. The van der Waals surface area contributed by atoms with E-state index in [9.17, 15) is 19.6 Å². The van der Waals surface area contributed by atoms with Crippen LogP contribution in [-0.2, 0) is 12.8 Å². The maximum atomic E-state index is 13.6. The monoisotopic (exact) mass is 499 g/mol. The smallest absolute Gasteiger partial charge is 0.327 e. The average molecular weight is 500 g/mol. The van der Waals surface area contributed by atoms with Crippen LogP contribution in [0.15, 0.2) is 53.3 Å². The molecular weight excluding hydrogens is 470 g/mol. The van der Waals surface area contributed by atoms with Gasteiger partial charge in [0.1, 0.15) is 17.5 Å². The van der Waals surface area contributed by atoms with E-state index in [-0.39, 0.29) is 17.7 Å². The number of hydrogen-bond donors (Lipinski definition) is 3. The fourth-order valence-electron chi connectivity index (χ4n) is 4.71. The number of benzene rings is 2. The van der Waals surface area contributed by atoms with E-state index in [1.165, 1.54) is 17.7 Å². The second-order valence-corrected chi connectivity index (χ2v) is 9.35. The summed E-state index contributed by atoms with van der Waals surface area (Å²) in [6.45, 7) is 4.14. The number of fused-ring (bicyclic) bond motifs is 2. The van der Waals surface area contributed by atoms with Crippen LogP contribution in [0, 0.1) is 17.2 Å². The quantitative estimate of drug-likeness (QED) is 0.337. The molecule has 190 valence electrons. The van der Waals surface area contributed by atoms with Crippen molar-refractivity contribution < 1.29 is 14.3 Å². The molecule has 4 N–H and O–H groups in total. The van der Waals surface area contributed by atoms with Gasteiger partial charge in [0, 0.05) is 28.8 Å². The number of H-pyrrole nitrogens is 1. The highest BCUT2D eigenvalue weighted by Gasteiger charge is 2.28. The molecule has 2 aromatic carbocycles. The molecule has 0 aliphatic heterocycles. The highest BCUT2D eigenvalue weighted by atomic mass is 16.5. The van der Waals surface area contributed by atoms with Crippen molar-refractivity contribution in [1.82, 2.24) is 14.9 Å². The Balaban J connectivity index is 1.77. The summed E-state index contributed by atoms with van der Waals surface area (Å²) in [5.74, 6) is 0.132. The van der Waals surface area contributed by atoms with Gasteiger partial charge in [0.25, 0.3) is 5.91 Å². The number of aromatic nitrogens is 2. The van der Waals surface area contributed by atoms with Crippen LogP contribution in [0.25, 0.3) is 21.8 Å². The van der Waals surface area contributed by atoms with Gasteiger partial charge in [-0.2, -0.15) is 5.26 Å². The first-order chi connectivity index (χ1) is 17.7. The highest BCUT2D eigenvalue weighted by Crippen LogP contribution is 2.35. The molecule has 0 bridgehead atoms. The molecule has 0 unspecified atom stereocenters. The highest BCUT2D eigenvalue weighted by molar-refractivity contribution is 6.08. The SMILES string of the molecule is COc1cccc2c1c(CCC(C)C)c(C(N)=O)n2C(=O)N[C@H](C#N)Cc1cc(=O)[nH]c2ccccc12. The number of rotatable bonds is 8. The molecule has 0 saturated carbocycles. The molecule has 0 saturated heterocycles. The number of nitriles is 1. The number of methoxy groups -OCH3 is 1. The summed E-state index contributed by atoms with van der Waals surface area (Å²) in [5, 5.41) is 14.0. The lowest BCUT2D eigenvalue weighted by Gasteiger charge is -2.15. The van der Waals surface area contributed by atoms with E-state index in [4.69, 9.17) is 10.5 Å². The van der Waals surface area contributed by atoms with Crippen molar-refractivity contribution in [3.63, 3.8) is 0 Å². The molecule has 0 radical (unpaired) electrons. The number of nitrogens with two attached hydrogens (primary N) is 1. The van der Waals surface area contributed by atoms with Gasteiger partial charge in [-0.05, 0) is 48.1 Å². The molecule has 2 heterocycles. The largest absolute Gasteiger partial charge is 0.496 e. The molecule has 0 aliphatic rings. The number of pyridine rings is 1. The van der Waals surface area contributed by atoms with Crippen LogP contribution in [0.1, 0.15) is 41.9 Å². The second kappa shape index (κ2) is 10.6. The van der Waals surface area contributed by atoms with Gasteiger partial charge in [-0.3, -0.25) is 14.2 Å². The first kappa shape index (κ1) is 25.5. The van der Waals surface area contributed by atoms with Gasteiger partial charge in [0.2, 0.25) is 5.56 Å². The number of carbonyl (C=O) groups excluding carboxylic acids is 2. The maximum Gasteiger partial charge on any atom is 0.327 e. The third-order valence-corrected chi connectivity index (χ3v) is 6.40. The number of amides is 2. The molecule has 4 rings (SSSR count). The Morgan fingerprint density at radius 3 is 2.62 bits per heavy atom. The van der Waals surface area contributed by atoms with Crippen molar-refractivity contribution in [2.24, 2.45) is 11.7 Å². The van der Waals surface area contributed by atoms with Crippen LogP contribution in [0.4, 0.5) is 4.79 Å². The summed E-state index contributed by atoms with van der Waals surface area (Å²) in [5.41, 5.74) is 7.92. The summed E-state index contributed by atoms with van der Waals surface area (Å²) in [6, 6.07) is 14.4.